The second-order valence-electron chi connectivity index (χ2n) is 5.17. The van der Waals surface area contributed by atoms with Gasteiger partial charge in [0, 0.05) is 19.5 Å². The van der Waals surface area contributed by atoms with E-state index in [2.05, 4.69) is 18.3 Å². The van der Waals surface area contributed by atoms with Crippen LogP contribution >= 0.6 is 0 Å². The molecule has 1 N–H and O–H groups in total. The van der Waals surface area contributed by atoms with Crippen LogP contribution in [0, 0.1) is 23.2 Å². The lowest BCUT2D eigenvalue weighted by Gasteiger charge is -2.29. The third-order valence-corrected chi connectivity index (χ3v) is 3.86. The summed E-state index contributed by atoms with van der Waals surface area (Å²) < 4.78 is 0. The van der Waals surface area contributed by atoms with Crippen molar-refractivity contribution in [2.75, 3.05) is 26.2 Å². The zero-order valence-corrected chi connectivity index (χ0v) is 11.6. The molecular weight excluding hydrogens is 226 g/mol. The molecule has 18 heavy (non-hydrogen) atoms. The Bertz CT molecular complexity index is 292. The zero-order chi connectivity index (χ0) is 13.4. The highest BCUT2D eigenvalue weighted by molar-refractivity contribution is 5.76. The molecule has 0 aromatic rings. The van der Waals surface area contributed by atoms with Gasteiger partial charge in [0.25, 0.3) is 0 Å². The Morgan fingerprint density at radius 2 is 2.39 bits per heavy atom. The first kappa shape index (κ1) is 15.0. The molecule has 0 radical (unpaired) electrons. The van der Waals surface area contributed by atoms with Gasteiger partial charge in [-0.1, -0.05) is 6.92 Å². The maximum atomic E-state index is 12.1. The average molecular weight is 251 g/mol. The Balaban J connectivity index is 2.38. The summed E-state index contributed by atoms with van der Waals surface area (Å²) in [6.45, 7) is 7.58. The van der Waals surface area contributed by atoms with Crippen molar-refractivity contribution in [1.29, 1.82) is 5.26 Å². The Morgan fingerprint density at radius 3 is 2.94 bits per heavy atom. The molecule has 2 atom stereocenters. The smallest absolute Gasteiger partial charge is 0.222 e. The minimum atomic E-state index is 0.200. The first-order chi connectivity index (χ1) is 8.69. The van der Waals surface area contributed by atoms with Crippen LogP contribution in [0.4, 0.5) is 0 Å². The van der Waals surface area contributed by atoms with Crippen molar-refractivity contribution in [3.63, 3.8) is 0 Å². The number of carbonyl (C=O) groups is 1. The summed E-state index contributed by atoms with van der Waals surface area (Å²) in [6, 6.07) is 2.10. The second-order valence-corrected chi connectivity index (χ2v) is 5.17. The molecule has 4 nitrogen and oxygen atoms in total. The fourth-order valence-corrected chi connectivity index (χ4v) is 2.58. The standard InChI is InChI=1S/C14H25N3O/c1-3-17(9-5-7-15)14(18)10-12(2)13-6-4-8-16-11-13/h12-13,16H,3-6,8-11H2,1-2H3. The van der Waals surface area contributed by atoms with E-state index in [-0.39, 0.29) is 5.91 Å². The quantitative estimate of drug-likeness (QED) is 0.783. The molecule has 102 valence electrons. The van der Waals surface area contributed by atoms with Crippen LogP contribution in [0.15, 0.2) is 0 Å². The predicted molar refractivity (Wildman–Crippen MR) is 71.9 cm³/mol. The Kier molecular flexibility index (Phi) is 6.74. The van der Waals surface area contributed by atoms with Crippen molar-refractivity contribution in [3.05, 3.63) is 0 Å². The maximum Gasteiger partial charge on any atom is 0.222 e. The number of rotatable bonds is 6. The molecule has 1 amide bonds. The third-order valence-electron chi connectivity index (χ3n) is 3.86. The fraction of sp³-hybridized carbons (Fsp3) is 0.857. The first-order valence-corrected chi connectivity index (χ1v) is 7.04. The molecule has 1 fully saturated rings. The first-order valence-electron chi connectivity index (χ1n) is 7.04. The molecule has 0 spiro atoms. The van der Waals surface area contributed by atoms with Crippen molar-refractivity contribution in [2.45, 2.75) is 39.5 Å². The van der Waals surface area contributed by atoms with Crippen molar-refractivity contribution >= 4 is 5.91 Å². The van der Waals surface area contributed by atoms with E-state index in [0.29, 0.717) is 37.8 Å². The van der Waals surface area contributed by atoms with Gasteiger partial charge in [-0.2, -0.15) is 5.26 Å². The lowest BCUT2D eigenvalue weighted by molar-refractivity contribution is -0.132. The van der Waals surface area contributed by atoms with Crippen LogP contribution in [-0.2, 0) is 4.79 Å². The topological polar surface area (TPSA) is 56.1 Å². The van der Waals surface area contributed by atoms with Crippen LogP contribution in [0.25, 0.3) is 0 Å². The van der Waals surface area contributed by atoms with Crippen LogP contribution in [-0.4, -0.2) is 37.0 Å². The maximum absolute atomic E-state index is 12.1. The Labute approximate surface area is 110 Å². The SMILES string of the molecule is CCN(CCC#N)C(=O)CC(C)C1CCCNC1. The van der Waals surface area contributed by atoms with Crippen molar-refractivity contribution in [1.82, 2.24) is 10.2 Å². The fourth-order valence-electron chi connectivity index (χ4n) is 2.58. The highest BCUT2D eigenvalue weighted by Crippen LogP contribution is 2.23. The minimum absolute atomic E-state index is 0.200. The molecule has 1 rings (SSSR count). The molecule has 1 saturated heterocycles. The monoisotopic (exact) mass is 251 g/mol. The van der Waals surface area contributed by atoms with Crippen molar-refractivity contribution in [2.24, 2.45) is 11.8 Å². The lowest BCUT2D eigenvalue weighted by Crippen LogP contribution is -2.37. The number of hydrogen-bond donors (Lipinski definition) is 1. The van der Waals surface area contributed by atoms with E-state index >= 15 is 0 Å². The van der Waals surface area contributed by atoms with E-state index in [1.165, 1.54) is 12.8 Å². The molecule has 0 aromatic carbocycles. The molecule has 0 aliphatic carbocycles. The molecule has 0 bridgehead atoms. The summed E-state index contributed by atoms with van der Waals surface area (Å²) in [5, 5.41) is 12.0. The van der Waals surface area contributed by atoms with E-state index in [1.54, 1.807) is 4.90 Å². The summed E-state index contributed by atoms with van der Waals surface area (Å²) >= 11 is 0. The number of carbonyl (C=O) groups excluding carboxylic acids is 1. The van der Waals surface area contributed by atoms with Gasteiger partial charge in [-0.05, 0) is 44.7 Å². The van der Waals surface area contributed by atoms with Crippen LogP contribution < -0.4 is 5.32 Å². The summed E-state index contributed by atoms with van der Waals surface area (Å²) in [5.74, 6) is 1.25. The molecular formula is C14H25N3O. The molecule has 0 aromatic heterocycles. The van der Waals surface area contributed by atoms with Gasteiger partial charge in [-0.25, -0.2) is 0 Å². The van der Waals surface area contributed by atoms with Crippen LogP contribution in [0.3, 0.4) is 0 Å². The van der Waals surface area contributed by atoms with Gasteiger partial charge in [0.15, 0.2) is 0 Å². The van der Waals surface area contributed by atoms with Gasteiger partial charge in [0.2, 0.25) is 5.91 Å². The van der Waals surface area contributed by atoms with Gasteiger partial charge >= 0.3 is 0 Å². The Hall–Kier alpha value is -1.08. The lowest BCUT2D eigenvalue weighted by atomic mass is 9.85. The number of hydrogen-bond acceptors (Lipinski definition) is 3. The number of amides is 1. The number of nitrogens with zero attached hydrogens (tertiary/aromatic N) is 2. The van der Waals surface area contributed by atoms with Crippen LogP contribution in [0.5, 0.6) is 0 Å². The van der Waals surface area contributed by atoms with Gasteiger partial charge in [-0.3, -0.25) is 4.79 Å². The zero-order valence-electron chi connectivity index (χ0n) is 11.6. The average Bonchev–Trinajstić information content (AvgIpc) is 2.40. The second kappa shape index (κ2) is 8.10. The molecule has 1 heterocycles. The number of nitriles is 1. The summed E-state index contributed by atoms with van der Waals surface area (Å²) in [4.78, 5) is 13.9. The Morgan fingerprint density at radius 1 is 1.61 bits per heavy atom. The van der Waals surface area contributed by atoms with Crippen LogP contribution in [0.2, 0.25) is 0 Å². The van der Waals surface area contributed by atoms with E-state index in [4.69, 9.17) is 5.26 Å². The molecule has 1 aliphatic heterocycles. The van der Waals surface area contributed by atoms with Crippen molar-refractivity contribution in [3.8, 4) is 6.07 Å². The molecule has 4 heteroatoms. The summed E-state index contributed by atoms with van der Waals surface area (Å²) in [6.07, 6.45) is 3.49. The van der Waals surface area contributed by atoms with Gasteiger partial charge in [0.1, 0.15) is 0 Å². The summed E-state index contributed by atoms with van der Waals surface area (Å²) in [7, 11) is 0. The van der Waals surface area contributed by atoms with Crippen molar-refractivity contribution < 1.29 is 4.79 Å². The van der Waals surface area contributed by atoms with Crippen LogP contribution in [0.1, 0.15) is 39.5 Å². The van der Waals surface area contributed by atoms with E-state index in [0.717, 1.165) is 13.1 Å². The van der Waals surface area contributed by atoms with E-state index in [1.807, 2.05) is 6.92 Å². The normalized spacial score (nSPS) is 21.1. The molecule has 2 unspecified atom stereocenters. The largest absolute Gasteiger partial charge is 0.342 e. The van der Waals surface area contributed by atoms with Gasteiger partial charge in [-0.15, -0.1) is 0 Å². The molecule has 1 aliphatic rings. The number of nitrogens with one attached hydrogen (secondary N) is 1. The molecule has 0 saturated carbocycles. The van der Waals surface area contributed by atoms with E-state index in [9.17, 15) is 4.79 Å². The minimum Gasteiger partial charge on any atom is -0.342 e. The number of piperidine rings is 1. The highest BCUT2D eigenvalue weighted by Gasteiger charge is 2.23. The van der Waals surface area contributed by atoms with E-state index < -0.39 is 0 Å². The van der Waals surface area contributed by atoms with Gasteiger partial charge in [0.05, 0.1) is 12.5 Å². The van der Waals surface area contributed by atoms with Gasteiger partial charge < -0.3 is 10.2 Å². The highest BCUT2D eigenvalue weighted by atomic mass is 16.2. The predicted octanol–water partition coefficient (Wildman–Crippen LogP) is 1.77. The third kappa shape index (κ3) is 4.66. The summed E-state index contributed by atoms with van der Waals surface area (Å²) in [5.41, 5.74) is 0.